The predicted molar refractivity (Wildman–Crippen MR) is 119 cm³/mol. The lowest BCUT2D eigenvalue weighted by atomic mass is 10.1. The number of nitrogens with one attached hydrogen (secondary N) is 2. The minimum absolute atomic E-state index is 0.189. The minimum Gasteiger partial charge on any atom is -0.406 e. The number of halogens is 6. The number of nitrogens with zero attached hydrogens (tertiary/aromatic N) is 2. The molecule has 1 aromatic heterocycles. The smallest absolute Gasteiger partial charge is 0.406 e. The summed E-state index contributed by atoms with van der Waals surface area (Å²) in [5.74, 6) is -0.337. The summed E-state index contributed by atoms with van der Waals surface area (Å²) in [6.45, 7) is 7.20. The highest BCUT2D eigenvalue weighted by molar-refractivity contribution is 5.69. The summed E-state index contributed by atoms with van der Waals surface area (Å²) in [4.78, 5) is 8.79. The van der Waals surface area contributed by atoms with Crippen molar-refractivity contribution in [3.63, 3.8) is 0 Å². The third kappa shape index (κ3) is 8.23. The number of rotatable bonds is 6. The van der Waals surface area contributed by atoms with Crippen molar-refractivity contribution in [1.82, 2.24) is 9.97 Å². The van der Waals surface area contributed by atoms with Gasteiger partial charge in [-0.25, -0.2) is 4.98 Å². The molecule has 3 aromatic rings. The number of aryl methyl sites for hydroxylation is 1. The van der Waals surface area contributed by atoms with Crippen LogP contribution < -0.4 is 20.1 Å². The lowest BCUT2D eigenvalue weighted by molar-refractivity contribution is -0.275. The first-order chi connectivity index (χ1) is 16.1. The van der Waals surface area contributed by atoms with Gasteiger partial charge in [-0.15, -0.1) is 26.3 Å². The maximum Gasteiger partial charge on any atom is 0.573 e. The quantitative estimate of drug-likeness (QED) is 0.349. The molecule has 188 valence electrons. The van der Waals surface area contributed by atoms with E-state index < -0.39 is 24.0 Å². The molecule has 12 heteroatoms. The molecule has 3 rings (SSSR count). The first-order valence-electron chi connectivity index (χ1n) is 10.2. The van der Waals surface area contributed by atoms with Gasteiger partial charge in [-0.2, -0.15) is 4.98 Å². The zero-order chi connectivity index (χ0) is 26.0. The van der Waals surface area contributed by atoms with Crippen molar-refractivity contribution in [2.24, 2.45) is 0 Å². The molecule has 2 N–H and O–H groups in total. The minimum atomic E-state index is -4.85. The third-order valence-corrected chi connectivity index (χ3v) is 4.27. The van der Waals surface area contributed by atoms with E-state index in [0.717, 1.165) is 6.07 Å². The summed E-state index contributed by atoms with van der Waals surface area (Å²) in [6.07, 6.45) is -9.67. The van der Waals surface area contributed by atoms with Gasteiger partial charge in [0.15, 0.2) is 0 Å². The summed E-state index contributed by atoms with van der Waals surface area (Å²) in [7, 11) is 0. The number of hydrogen-bond donors (Lipinski definition) is 2. The van der Waals surface area contributed by atoms with E-state index in [-0.39, 0.29) is 23.2 Å². The van der Waals surface area contributed by atoms with Gasteiger partial charge >= 0.3 is 12.7 Å². The summed E-state index contributed by atoms with van der Waals surface area (Å²) in [5.41, 5.74) is 1.07. The fourth-order valence-electron chi connectivity index (χ4n) is 3.01. The van der Waals surface area contributed by atoms with Crippen molar-refractivity contribution in [1.29, 1.82) is 0 Å². The molecule has 35 heavy (non-hydrogen) atoms. The van der Waals surface area contributed by atoms with E-state index in [1.54, 1.807) is 13.0 Å². The van der Waals surface area contributed by atoms with Crippen molar-refractivity contribution in [3.05, 3.63) is 54.1 Å². The summed E-state index contributed by atoms with van der Waals surface area (Å²) >= 11 is 0. The molecule has 0 atom stereocenters. The number of alkyl halides is 6. The van der Waals surface area contributed by atoms with Crippen LogP contribution in [0.2, 0.25) is 0 Å². The maximum atomic E-state index is 12.6. The van der Waals surface area contributed by atoms with Crippen LogP contribution in [0, 0.1) is 6.92 Å². The molecule has 0 aliphatic rings. The number of aromatic nitrogens is 2. The molecule has 0 bridgehead atoms. The number of hydrogen-bond acceptors (Lipinski definition) is 6. The third-order valence-electron chi connectivity index (χ3n) is 4.27. The van der Waals surface area contributed by atoms with Crippen molar-refractivity contribution in [3.8, 4) is 22.8 Å². The molecule has 0 aliphatic heterocycles. The van der Waals surface area contributed by atoms with E-state index in [4.69, 9.17) is 0 Å². The van der Waals surface area contributed by atoms with Gasteiger partial charge in [0.2, 0.25) is 5.95 Å². The number of ether oxygens (including phenoxy) is 2. The van der Waals surface area contributed by atoms with Gasteiger partial charge in [-0.3, -0.25) is 0 Å². The standard InChI is InChI=1S/C23H22F6N4O2/c1-13-10-16(35-23(27,28)29)8-9-17(13)30-19-12-18(31-20(32-19)33-21(2,3)4)14-6-5-7-15(11-14)34-22(24,25)26/h5-12H,1-4H3,(H2,30,31,32,33). The molecule has 0 spiro atoms. The van der Waals surface area contributed by atoms with Crippen molar-refractivity contribution in [2.75, 3.05) is 10.6 Å². The molecular weight excluding hydrogens is 478 g/mol. The van der Waals surface area contributed by atoms with Crippen LogP contribution in [0.15, 0.2) is 48.5 Å². The largest absolute Gasteiger partial charge is 0.573 e. The first kappa shape index (κ1) is 25.9. The van der Waals surface area contributed by atoms with E-state index >= 15 is 0 Å². The molecule has 1 heterocycles. The van der Waals surface area contributed by atoms with Gasteiger partial charge in [0, 0.05) is 22.9 Å². The van der Waals surface area contributed by atoms with Gasteiger partial charge in [0.25, 0.3) is 0 Å². The summed E-state index contributed by atoms with van der Waals surface area (Å²) in [5, 5.41) is 6.11. The van der Waals surface area contributed by atoms with E-state index in [2.05, 4.69) is 30.1 Å². The van der Waals surface area contributed by atoms with Gasteiger partial charge in [0.1, 0.15) is 17.3 Å². The highest BCUT2D eigenvalue weighted by Crippen LogP contribution is 2.32. The topological polar surface area (TPSA) is 68.3 Å². The molecule has 0 radical (unpaired) electrons. The average molecular weight is 500 g/mol. The Morgan fingerprint density at radius 3 is 1.97 bits per heavy atom. The molecule has 6 nitrogen and oxygen atoms in total. The van der Waals surface area contributed by atoms with Gasteiger partial charge in [0.05, 0.1) is 5.69 Å². The first-order valence-corrected chi connectivity index (χ1v) is 10.2. The van der Waals surface area contributed by atoms with Crippen LogP contribution in [0.3, 0.4) is 0 Å². The van der Waals surface area contributed by atoms with E-state index in [1.165, 1.54) is 36.4 Å². The lowest BCUT2D eigenvalue weighted by Crippen LogP contribution is -2.27. The second-order valence-corrected chi connectivity index (χ2v) is 8.56. The maximum absolute atomic E-state index is 12.6. The van der Waals surface area contributed by atoms with Gasteiger partial charge in [-0.1, -0.05) is 12.1 Å². The van der Waals surface area contributed by atoms with Crippen LogP contribution in [-0.2, 0) is 0 Å². The fraction of sp³-hybridized carbons (Fsp3) is 0.304. The Hall–Kier alpha value is -3.70. The monoisotopic (exact) mass is 500 g/mol. The Morgan fingerprint density at radius 1 is 0.771 bits per heavy atom. The van der Waals surface area contributed by atoms with Gasteiger partial charge in [-0.05, 0) is 63.6 Å². The fourth-order valence-corrected chi connectivity index (χ4v) is 3.01. The van der Waals surface area contributed by atoms with Crippen molar-refractivity contribution >= 4 is 17.5 Å². The van der Waals surface area contributed by atoms with E-state index in [1.807, 2.05) is 20.8 Å². The second kappa shape index (κ2) is 9.51. The van der Waals surface area contributed by atoms with Crippen molar-refractivity contribution < 1.29 is 35.8 Å². The van der Waals surface area contributed by atoms with Crippen LogP contribution in [0.4, 0.5) is 43.8 Å². The highest BCUT2D eigenvalue weighted by atomic mass is 19.4. The Labute approximate surface area is 197 Å². The van der Waals surface area contributed by atoms with E-state index in [0.29, 0.717) is 16.8 Å². The molecular formula is C23H22F6N4O2. The zero-order valence-corrected chi connectivity index (χ0v) is 19.1. The molecule has 0 amide bonds. The Balaban J connectivity index is 1.98. The Morgan fingerprint density at radius 2 is 1.40 bits per heavy atom. The molecule has 0 fully saturated rings. The molecule has 0 saturated carbocycles. The molecule has 0 saturated heterocycles. The molecule has 0 unspecified atom stereocenters. The molecule has 2 aromatic carbocycles. The second-order valence-electron chi connectivity index (χ2n) is 8.56. The van der Waals surface area contributed by atoms with Crippen LogP contribution in [0.5, 0.6) is 11.5 Å². The van der Waals surface area contributed by atoms with Gasteiger partial charge < -0.3 is 20.1 Å². The lowest BCUT2D eigenvalue weighted by Gasteiger charge is -2.21. The number of benzene rings is 2. The normalized spacial score (nSPS) is 12.3. The average Bonchev–Trinajstić information content (AvgIpc) is 2.66. The van der Waals surface area contributed by atoms with Crippen LogP contribution in [-0.4, -0.2) is 28.2 Å². The highest BCUT2D eigenvalue weighted by Gasteiger charge is 2.32. The SMILES string of the molecule is Cc1cc(OC(F)(F)F)ccc1Nc1cc(-c2cccc(OC(F)(F)F)c2)nc(NC(C)(C)C)n1. The zero-order valence-electron chi connectivity index (χ0n) is 19.1. The molecule has 0 aliphatic carbocycles. The predicted octanol–water partition coefficient (Wildman–Crippen LogP) is 7.20. The summed E-state index contributed by atoms with van der Waals surface area (Å²) < 4.78 is 83.4. The van der Waals surface area contributed by atoms with E-state index in [9.17, 15) is 26.3 Å². The summed E-state index contributed by atoms with van der Waals surface area (Å²) in [6, 6.07) is 10.6. The number of anilines is 3. The van der Waals surface area contributed by atoms with Crippen molar-refractivity contribution in [2.45, 2.75) is 46.0 Å². The van der Waals surface area contributed by atoms with Crippen LogP contribution in [0.25, 0.3) is 11.3 Å². The van der Waals surface area contributed by atoms with Crippen LogP contribution in [0.1, 0.15) is 26.3 Å². The Kier molecular flexibility index (Phi) is 7.04. The Bertz CT molecular complexity index is 1190. The van der Waals surface area contributed by atoms with Crippen LogP contribution >= 0.6 is 0 Å².